The summed E-state index contributed by atoms with van der Waals surface area (Å²) in [6.07, 6.45) is 4.87. The minimum atomic E-state index is -0.144. The van der Waals surface area contributed by atoms with Crippen molar-refractivity contribution in [2.75, 3.05) is 11.4 Å². The van der Waals surface area contributed by atoms with Crippen LogP contribution in [-0.4, -0.2) is 30.6 Å². The Labute approximate surface area is 124 Å². The molecule has 3 amide bonds. The summed E-state index contributed by atoms with van der Waals surface area (Å²) in [5.41, 5.74) is 0.892. The lowest BCUT2D eigenvalue weighted by atomic mass is 10.2. The van der Waals surface area contributed by atoms with Crippen LogP contribution in [0.25, 0.3) is 0 Å². The number of nitrogens with zero attached hydrogens (tertiary/aromatic N) is 1. The van der Waals surface area contributed by atoms with Gasteiger partial charge in [0.15, 0.2) is 0 Å². The van der Waals surface area contributed by atoms with Crippen LogP contribution in [0.3, 0.4) is 0 Å². The molecule has 3 rings (SSSR count). The topological polar surface area (TPSA) is 61.4 Å². The van der Waals surface area contributed by atoms with Crippen molar-refractivity contribution >= 4 is 17.6 Å². The number of anilines is 1. The van der Waals surface area contributed by atoms with Crippen molar-refractivity contribution in [3.8, 4) is 0 Å². The molecule has 0 spiro atoms. The van der Waals surface area contributed by atoms with Crippen LogP contribution in [0.15, 0.2) is 30.3 Å². The van der Waals surface area contributed by atoms with E-state index in [0.717, 1.165) is 18.5 Å². The highest BCUT2D eigenvalue weighted by Gasteiger charge is 2.31. The van der Waals surface area contributed by atoms with Crippen molar-refractivity contribution in [3.05, 3.63) is 30.3 Å². The fraction of sp³-hybridized carbons (Fsp3) is 0.500. The second kappa shape index (κ2) is 6.16. The number of nitrogens with one attached hydrogen (secondary N) is 2. The molecule has 1 aliphatic heterocycles. The predicted octanol–water partition coefficient (Wildman–Crippen LogP) is 2.03. The highest BCUT2D eigenvalue weighted by molar-refractivity contribution is 5.96. The summed E-state index contributed by atoms with van der Waals surface area (Å²) in [5, 5.41) is 5.92. The Bertz CT molecular complexity index is 512. The quantitative estimate of drug-likeness (QED) is 0.893. The van der Waals surface area contributed by atoms with Crippen LogP contribution in [0.2, 0.25) is 0 Å². The van der Waals surface area contributed by atoms with E-state index < -0.39 is 0 Å². The minimum absolute atomic E-state index is 0.0624. The van der Waals surface area contributed by atoms with E-state index in [9.17, 15) is 9.59 Å². The van der Waals surface area contributed by atoms with Crippen LogP contribution in [-0.2, 0) is 4.79 Å². The first-order valence-electron chi connectivity index (χ1n) is 7.65. The van der Waals surface area contributed by atoms with Crippen LogP contribution >= 0.6 is 0 Å². The summed E-state index contributed by atoms with van der Waals surface area (Å²) >= 11 is 0. The van der Waals surface area contributed by atoms with Crippen LogP contribution in [0.5, 0.6) is 0 Å². The number of hydrogen-bond donors (Lipinski definition) is 2. The van der Waals surface area contributed by atoms with Gasteiger partial charge in [0.2, 0.25) is 5.91 Å². The third-order valence-electron chi connectivity index (χ3n) is 4.22. The van der Waals surface area contributed by atoms with Gasteiger partial charge in [0.1, 0.15) is 0 Å². The second-order valence-corrected chi connectivity index (χ2v) is 5.84. The van der Waals surface area contributed by atoms with E-state index in [1.54, 1.807) is 4.90 Å². The van der Waals surface area contributed by atoms with E-state index in [2.05, 4.69) is 10.6 Å². The first kappa shape index (κ1) is 13.9. The molecule has 1 saturated heterocycles. The molecule has 112 valence electrons. The Morgan fingerprint density at radius 2 is 1.71 bits per heavy atom. The second-order valence-electron chi connectivity index (χ2n) is 5.84. The number of para-hydroxylation sites is 1. The van der Waals surface area contributed by atoms with Crippen molar-refractivity contribution in [3.63, 3.8) is 0 Å². The number of carbonyl (C=O) groups excluding carboxylic acids is 2. The molecule has 2 aliphatic rings. The Balaban J connectivity index is 1.53. The van der Waals surface area contributed by atoms with Gasteiger partial charge in [-0.2, -0.15) is 0 Å². The van der Waals surface area contributed by atoms with Crippen LogP contribution in [0.4, 0.5) is 10.5 Å². The lowest BCUT2D eigenvalue weighted by Gasteiger charge is -2.18. The van der Waals surface area contributed by atoms with E-state index in [1.165, 1.54) is 12.8 Å². The summed E-state index contributed by atoms with van der Waals surface area (Å²) < 4.78 is 0. The Hall–Kier alpha value is -2.04. The predicted molar refractivity (Wildman–Crippen MR) is 81.1 cm³/mol. The zero-order valence-electron chi connectivity index (χ0n) is 12.0. The molecule has 2 fully saturated rings. The molecule has 21 heavy (non-hydrogen) atoms. The maximum Gasteiger partial charge on any atom is 0.315 e. The molecule has 0 radical (unpaired) electrons. The molecule has 0 unspecified atom stereocenters. The number of hydrogen-bond acceptors (Lipinski definition) is 2. The monoisotopic (exact) mass is 287 g/mol. The van der Waals surface area contributed by atoms with Crippen molar-refractivity contribution in [2.45, 2.75) is 44.2 Å². The zero-order chi connectivity index (χ0) is 14.7. The highest BCUT2D eigenvalue weighted by Crippen LogP contribution is 2.21. The molecule has 1 atom stereocenters. The number of amides is 3. The van der Waals surface area contributed by atoms with Gasteiger partial charge in [0.25, 0.3) is 0 Å². The average Bonchev–Trinajstić information content (AvgIpc) is 3.09. The van der Waals surface area contributed by atoms with Crippen LogP contribution in [0, 0.1) is 0 Å². The first-order chi connectivity index (χ1) is 10.2. The molecule has 5 nitrogen and oxygen atoms in total. The van der Waals surface area contributed by atoms with Gasteiger partial charge in [-0.15, -0.1) is 0 Å². The smallest absolute Gasteiger partial charge is 0.315 e. The van der Waals surface area contributed by atoms with Gasteiger partial charge in [-0.05, 0) is 25.0 Å². The molecule has 2 N–H and O–H groups in total. The molecule has 1 aromatic carbocycles. The lowest BCUT2D eigenvalue weighted by Crippen LogP contribution is -2.46. The summed E-state index contributed by atoms with van der Waals surface area (Å²) in [6, 6.07) is 9.62. The molecule has 1 aliphatic carbocycles. The van der Waals surface area contributed by atoms with Crippen molar-refractivity contribution in [1.82, 2.24) is 10.6 Å². The van der Waals surface area contributed by atoms with Crippen molar-refractivity contribution in [2.24, 2.45) is 0 Å². The molecular weight excluding hydrogens is 266 g/mol. The minimum Gasteiger partial charge on any atom is -0.335 e. The lowest BCUT2D eigenvalue weighted by molar-refractivity contribution is -0.117. The van der Waals surface area contributed by atoms with Gasteiger partial charge >= 0.3 is 6.03 Å². The largest absolute Gasteiger partial charge is 0.335 e. The number of carbonyl (C=O) groups is 2. The Kier molecular flexibility index (Phi) is 4.08. The van der Waals surface area contributed by atoms with E-state index >= 15 is 0 Å². The van der Waals surface area contributed by atoms with Crippen molar-refractivity contribution in [1.29, 1.82) is 0 Å². The molecule has 1 aromatic rings. The van der Waals surface area contributed by atoms with Gasteiger partial charge in [-0.25, -0.2) is 4.79 Å². The first-order valence-corrected chi connectivity index (χ1v) is 7.65. The summed E-state index contributed by atoms with van der Waals surface area (Å²) in [7, 11) is 0. The standard InChI is InChI=1S/C16H21N3O2/c20-15-10-13(11-19(15)14-8-2-1-3-9-14)18-16(21)17-12-6-4-5-7-12/h1-3,8-9,12-13H,4-7,10-11H2,(H2,17,18,21)/t13-/m0/s1. The molecule has 5 heteroatoms. The summed E-state index contributed by atoms with van der Waals surface area (Å²) in [4.78, 5) is 25.8. The third-order valence-corrected chi connectivity index (χ3v) is 4.22. The van der Waals surface area contributed by atoms with E-state index in [0.29, 0.717) is 19.0 Å². The number of benzene rings is 1. The van der Waals surface area contributed by atoms with Gasteiger partial charge in [-0.3, -0.25) is 4.79 Å². The maximum atomic E-state index is 12.1. The van der Waals surface area contributed by atoms with Crippen molar-refractivity contribution < 1.29 is 9.59 Å². The normalized spacial score (nSPS) is 22.6. The van der Waals surface area contributed by atoms with E-state index in [-0.39, 0.29) is 18.0 Å². The number of urea groups is 1. The molecule has 1 heterocycles. The number of rotatable bonds is 3. The Morgan fingerprint density at radius 3 is 2.43 bits per heavy atom. The third kappa shape index (κ3) is 3.35. The van der Waals surface area contributed by atoms with Gasteiger partial charge in [0, 0.05) is 24.7 Å². The zero-order valence-corrected chi connectivity index (χ0v) is 12.0. The maximum absolute atomic E-state index is 12.1. The van der Waals surface area contributed by atoms with Crippen LogP contribution in [0.1, 0.15) is 32.1 Å². The molecule has 1 saturated carbocycles. The molecule has 0 bridgehead atoms. The fourth-order valence-electron chi connectivity index (χ4n) is 3.14. The van der Waals surface area contributed by atoms with Gasteiger partial charge in [0.05, 0.1) is 6.04 Å². The summed E-state index contributed by atoms with van der Waals surface area (Å²) in [5.74, 6) is 0.0624. The van der Waals surface area contributed by atoms with Crippen LogP contribution < -0.4 is 15.5 Å². The Morgan fingerprint density at radius 1 is 1.05 bits per heavy atom. The van der Waals surface area contributed by atoms with E-state index in [1.807, 2.05) is 30.3 Å². The fourth-order valence-corrected chi connectivity index (χ4v) is 3.14. The SMILES string of the molecule is O=C(NC1CCCC1)N[C@H]1CC(=O)N(c2ccccc2)C1. The van der Waals surface area contributed by atoms with Gasteiger partial charge < -0.3 is 15.5 Å². The molecular formula is C16H21N3O2. The highest BCUT2D eigenvalue weighted by atomic mass is 16.2. The average molecular weight is 287 g/mol. The molecule has 0 aromatic heterocycles. The van der Waals surface area contributed by atoms with Gasteiger partial charge in [-0.1, -0.05) is 31.0 Å². The summed E-state index contributed by atoms with van der Waals surface area (Å²) in [6.45, 7) is 0.543. The van der Waals surface area contributed by atoms with E-state index in [4.69, 9.17) is 0 Å².